The number of aryl methyl sites for hydroxylation is 1. The summed E-state index contributed by atoms with van der Waals surface area (Å²) >= 11 is 0. The first-order valence-electron chi connectivity index (χ1n) is 3.89. The second-order valence-corrected chi connectivity index (χ2v) is 2.93. The van der Waals surface area contributed by atoms with Gasteiger partial charge in [-0.05, 0) is 0 Å². The monoisotopic (exact) mass is 218 g/mol. The van der Waals surface area contributed by atoms with Crippen LogP contribution in [0.15, 0.2) is 11.0 Å². The molecule has 5 nitrogen and oxygen atoms in total. The molecule has 0 aliphatic heterocycles. The third-order valence-electron chi connectivity index (χ3n) is 1.94. The molecule has 1 N–H and O–H groups in total. The number of aromatic amines is 1. The van der Waals surface area contributed by atoms with Gasteiger partial charge in [0.1, 0.15) is 5.39 Å². The van der Waals surface area contributed by atoms with E-state index in [9.17, 15) is 18.0 Å². The largest absolute Gasteiger partial charge is 0.435 e. The third kappa shape index (κ3) is 1.37. The molecule has 0 fully saturated rings. The molecule has 0 bridgehead atoms. The van der Waals surface area contributed by atoms with Gasteiger partial charge in [0.05, 0.1) is 11.7 Å². The van der Waals surface area contributed by atoms with Crippen molar-refractivity contribution in [3.8, 4) is 0 Å². The molecule has 0 aromatic carbocycles. The van der Waals surface area contributed by atoms with Crippen molar-refractivity contribution in [1.82, 2.24) is 20.0 Å². The Hall–Kier alpha value is -1.86. The van der Waals surface area contributed by atoms with Gasteiger partial charge in [0.15, 0.2) is 5.69 Å². The molecule has 0 unspecified atom stereocenters. The summed E-state index contributed by atoms with van der Waals surface area (Å²) in [5, 5.41) is 8.11. The molecule has 2 heterocycles. The van der Waals surface area contributed by atoms with Crippen LogP contribution < -0.4 is 5.56 Å². The lowest BCUT2D eigenvalue weighted by Gasteiger charge is -2.00. The third-order valence-corrected chi connectivity index (χ3v) is 1.94. The average molecular weight is 218 g/mol. The number of nitrogens with zero attached hydrogens (tertiary/aromatic N) is 3. The van der Waals surface area contributed by atoms with Crippen molar-refractivity contribution in [3.63, 3.8) is 0 Å². The van der Waals surface area contributed by atoms with E-state index in [2.05, 4.69) is 10.2 Å². The number of hydrogen-bond acceptors (Lipinski definition) is 3. The number of rotatable bonds is 0. The van der Waals surface area contributed by atoms with Crippen LogP contribution in [-0.2, 0) is 13.2 Å². The number of fused-ring (bicyclic) bond motifs is 1. The highest BCUT2D eigenvalue weighted by molar-refractivity contribution is 5.80. The number of halogens is 3. The van der Waals surface area contributed by atoms with Crippen LogP contribution in [0.4, 0.5) is 13.2 Å². The Morgan fingerprint density at radius 3 is 2.73 bits per heavy atom. The van der Waals surface area contributed by atoms with Gasteiger partial charge in [-0.3, -0.25) is 9.48 Å². The number of H-pyrrole nitrogens is 1. The van der Waals surface area contributed by atoms with Crippen LogP contribution >= 0.6 is 0 Å². The Morgan fingerprint density at radius 2 is 2.13 bits per heavy atom. The minimum Gasteiger partial charge on any atom is -0.267 e. The van der Waals surface area contributed by atoms with Crippen molar-refractivity contribution < 1.29 is 13.2 Å². The molecule has 2 aromatic rings. The minimum atomic E-state index is -4.64. The SMILES string of the molecule is Cn1nc(C(F)(F)F)c2c(=O)[nH]ncc21. The van der Waals surface area contributed by atoms with E-state index in [0.29, 0.717) is 0 Å². The molecule has 8 heteroatoms. The Bertz CT molecular complexity index is 568. The number of alkyl halides is 3. The van der Waals surface area contributed by atoms with E-state index in [4.69, 9.17) is 0 Å². The second-order valence-electron chi connectivity index (χ2n) is 2.93. The summed E-state index contributed by atoms with van der Waals surface area (Å²) in [6.07, 6.45) is -3.52. The van der Waals surface area contributed by atoms with Gasteiger partial charge in [-0.1, -0.05) is 0 Å². The van der Waals surface area contributed by atoms with Crippen LogP contribution in [0.2, 0.25) is 0 Å². The first-order valence-corrected chi connectivity index (χ1v) is 3.89. The van der Waals surface area contributed by atoms with E-state index in [0.717, 1.165) is 10.9 Å². The number of hydrogen-bond donors (Lipinski definition) is 1. The van der Waals surface area contributed by atoms with Crippen LogP contribution in [-0.4, -0.2) is 20.0 Å². The number of nitrogens with one attached hydrogen (secondary N) is 1. The summed E-state index contributed by atoms with van der Waals surface area (Å²) in [5.41, 5.74) is -2.04. The highest BCUT2D eigenvalue weighted by atomic mass is 19.4. The Balaban J connectivity index is 2.94. The van der Waals surface area contributed by atoms with E-state index in [1.165, 1.54) is 7.05 Å². The number of aromatic nitrogens is 4. The van der Waals surface area contributed by atoms with Gasteiger partial charge < -0.3 is 0 Å². The van der Waals surface area contributed by atoms with Crippen LogP contribution in [0, 0.1) is 0 Å². The van der Waals surface area contributed by atoms with Gasteiger partial charge in [0.2, 0.25) is 0 Å². The molecule has 2 aromatic heterocycles. The molecular weight excluding hydrogens is 213 g/mol. The van der Waals surface area contributed by atoms with Gasteiger partial charge in [-0.2, -0.15) is 23.4 Å². The zero-order chi connectivity index (χ0) is 11.2. The normalized spacial score (nSPS) is 12.3. The van der Waals surface area contributed by atoms with E-state index in [-0.39, 0.29) is 5.52 Å². The van der Waals surface area contributed by atoms with Crippen LogP contribution in [0.3, 0.4) is 0 Å². The Kier molecular flexibility index (Phi) is 1.82. The molecule has 0 radical (unpaired) electrons. The quantitative estimate of drug-likeness (QED) is 0.707. The van der Waals surface area contributed by atoms with Crippen molar-refractivity contribution in [3.05, 3.63) is 22.2 Å². The summed E-state index contributed by atoms with van der Waals surface area (Å²) < 4.78 is 38.4. The van der Waals surface area contributed by atoms with Gasteiger partial charge in [0.25, 0.3) is 5.56 Å². The maximum absolute atomic E-state index is 12.5. The minimum absolute atomic E-state index is 0.0473. The summed E-state index contributed by atoms with van der Waals surface area (Å²) in [4.78, 5) is 11.2. The summed E-state index contributed by atoms with van der Waals surface area (Å²) in [5.74, 6) is 0. The molecule has 0 saturated heterocycles. The van der Waals surface area contributed by atoms with Gasteiger partial charge in [-0.25, -0.2) is 5.10 Å². The molecular formula is C7H5F3N4O. The molecule has 0 saturated carbocycles. The molecule has 0 aliphatic rings. The van der Waals surface area contributed by atoms with Crippen LogP contribution in [0.5, 0.6) is 0 Å². The molecule has 80 valence electrons. The average Bonchev–Trinajstić information content (AvgIpc) is 2.45. The molecule has 2 rings (SSSR count). The molecule has 0 amide bonds. The van der Waals surface area contributed by atoms with Crippen LogP contribution in [0.1, 0.15) is 5.69 Å². The Morgan fingerprint density at radius 1 is 1.47 bits per heavy atom. The van der Waals surface area contributed by atoms with Gasteiger partial charge in [-0.15, -0.1) is 0 Å². The fraction of sp³-hybridized carbons (Fsp3) is 0.286. The smallest absolute Gasteiger partial charge is 0.267 e. The van der Waals surface area contributed by atoms with E-state index >= 15 is 0 Å². The van der Waals surface area contributed by atoms with E-state index in [1.54, 1.807) is 0 Å². The highest BCUT2D eigenvalue weighted by Crippen LogP contribution is 2.31. The molecule has 15 heavy (non-hydrogen) atoms. The summed E-state index contributed by atoms with van der Waals surface area (Å²) in [7, 11) is 1.32. The zero-order valence-corrected chi connectivity index (χ0v) is 7.46. The standard InChI is InChI=1S/C7H5F3N4O/c1-14-3-2-11-12-6(15)4(3)5(13-14)7(8,9)10/h2H,1H3,(H,12,15). The highest BCUT2D eigenvalue weighted by Gasteiger charge is 2.37. The van der Waals surface area contributed by atoms with Crippen LogP contribution in [0.25, 0.3) is 10.9 Å². The first-order chi connectivity index (χ1) is 6.91. The maximum Gasteiger partial charge on any atom is 0.435 e. The lowest BCUT2D eigenvalue weighted by Crippen LogP contribution is -2.13. The predicted octanol–water partition coefficient (Wildman–Crippen LogP) is 0.675. The molecule has 0 spiro atoms. The molecule has 0 aliphatic carbocycles. The molecule has 0 atom stereocenters. The fourth-order valence-electron chi connectivity index (χ4n) is 1.32. The van der Waals surface area contributed by atoms with Gasteiger partial charge >= 0.3 is 6.18 Å². The van der Waals surface area contributed by atoms with Crippen molar-refractivity contribution in [2.75, 3.05) is 0 Å². The van der Waals surface area contributed by atoms with Crippen molar-refractivity contribution >= 4 is 10.9 Å². The lowest BCUT2D eigenvalue weighted by molar-refractivity contribution is -0.140. The topological polar surface area (TPSA) is 63.6 Å². The van der Waals surface area contributed by atoms with E-state index < -0.39 is 22.8 Å². The first kappa shape index (κ1) is 9.69. The van der Waals surface area contributed by atoms with Crippen molar-refractivity contribution in [2.24, 2.45) is 7.05 Å². The van der Waals surface area contributed by atoms with E-state index in [1.807, 2.05) is 5.10 Å². The summed E-state index contributed by atoms with van der Waals surface area (Å²) in [6.45, 7) is 0. The second kappa shape index (κ2) is 2.81. The fourth-order valence-corrected chi connectivity index (χ4v) is 1.32. The van der Waals surface area contributed by atoms with Crippen molar-refractivity contribution in [2.45, 2.75) is 6.18 Å². The lowest BCUT2D eigenvalue weighted by atomic mass is 10.2. The predicted molar refractivity (Wildman–Crippen MR) is 44.1 cm³/mol. The van der Waals surface area contributed by atoms with Crippen molar-refractivity contribution in [1.29, 1.82) is 0 Å². The van der Waals surface area contributed by atoms with Gasteiger partial charge in [0, 0.05) is 7.05 Å². The Labute approximate surface area is 80.5 Å². The summed E-state index contributed by atoms with van der Waals surface area (Å²) in [6, 6.07) is 0. The zero-order valence-electron chi connectivity index (χ0n) is 7.46. The maximum atomic E-state index is 12.5.